The predicted molar refractivity (Wildman–Crippen MR) is 129 cm³/mol. The van der Waals surface area contributed by atoms with E-state index in [0.717, 1.165) is 68.3 Å². The predicted octanol–water partition coefficient (Wildman–Crippen LogP) is 3.39. The van der Waals surface area contributed by atoms with Gasteiger partial charge in [0, 0.05) is 32.2 Å². The Labute approximate surface area is 210 Å². The number of benzene rings is 1. The molecule has 12 heteroatoms. The van der Waals surface area contributed by atoms with Crippen LogP contribution in [0.4, 0.5) is 13.2 Å². The van der Waals surface area contributed by atoms with E-state index in [4.69, 9.17) is 9.90 Å². The molecule has 0 atom stereocenters. The summed E-state index contributed by atoms with van der Waals surface area (Å²) in [5.41, 5.74) is 2.80. The second-order valence-electron chi connectivity index (χ2n) is 9.33. The van der Waals surface area contributed by atoms with Crippen LogP contribution in [0.5, 0.6) is 0 Å². The molecule has 2 aliphatic rings. The van der Waals surface area contributed by atoms with Gasteiger partial charge >= 0.3 is 12.1 Å². The number of carbonyl (C=O) groups excluding carboxylic acids is 1. The quantitative estimate of drug-likeness (QED) is 0.560. The number of carboxylic acids is 1. The second kappa shape index (κ2) is 12.9. The highest BCUT2D eigenvalue weighted by Crippen LogP contribution is 2.30. The molecule has 8 nitrogen and oxygen atoms in total. The molecular weight excluding hydrogens is 499 g/mol. The molecule has 36 heavy (non-hydrogen) atoms. The van der Waals surface area contributed by atoms with Crippen molar-refractivity contribution in [3.63, 3.8) is 0 Å². The molecule has 1 saturated heterocycles. The summed E-state index contributed by atoms with van der Waals surface area (Å²) in [5.74, 6) is -2.84. The molecule has 0 unspecified atom stereocenters. The van der Waals surface area contributed by atoms with Crippen molar-refractivity contribution in [3.8, 4) is 0 Å². The van der Waals surface area contributed by atoms with E-state index in [-0.39, 0.29) is 18.5 Å². The minimum atomic E-state index is -5.08. The molecule has 0 bridgehead atoms. The Bertz CT molecular complexity index is 1020. The van der Waals surface area contributed by atoms with E-state index in [9.17, 15) is 26.4 Å². The van der Waals surface area contributed by atoms with Crippen LogP contribution in [0.3, 0.4) is 0 Å². The molecule has 2 fully saturated rings. The zero-order valence-corrected chi connectivity index (χ0v) is 21.8. The summed E-state index contributed by atoms with van der Waals surface area (Å²) in [7, 11) is -3.75. The number of sulfonamides is 1. The maximum Gasteiger partial charge on any atom is 0.490 e. The molecule has 3 rings (SSSR count). The Hall–Kier alpha value is -2.18. The smallest absolute Gasteiger partial charge is 0.475 e. The van der Waals surface area contributed by atoms with Gasteiger partial charge < -0.3 is 15.3 Å². The van der Waals surface area contributed by atoms with Gasteiger partial charge in [-0.2, -0.15) is 17.5 Å². The average molecular weight is 536 g/mol. The van der Waals surface area contributed by atoms with Crippen molar-refractivity contribution >= 4 is 21.9 Å². The van der Waals surface area contributed by atoms with Gasteiger partial charge in [0.1, 0.15) is 0 Å². The summed E-state index contributed by atoms with van der Waals surface area (Å²) in [6.45, 7) is 8.53. The third-order valence-electron chi connectivity index (χ3n) is 6.61. The van der Waals surface area contributed by atoms with Gasteiger partial charge in [0.05, 0.1) is 11.4 Å². The standard InChI is InChI=1S/C22H35N3O3S.C2HF3O2/c1-17-14-19(3)21(15-18(17)2)29(27,28)25(20-8-6-4-5-7-9-20)16-22(26)24-12-10-23-11-13-24;3-2(4,5)1(6)7/h14-15,20,23H,4-13,16H2,1-3H3;(H,6,7). The van der Waals surface area contributed by atoms with E-state index < -0.39 is 22.2 Å². The number of piperazine rings is 1. The SMILES string of the molecule is Cc1cc(C)c(S(=O)(=O)N(CC(=O)N2CCNCC2)C2CCCCCC2)cc1C.O=C(O)C(F)(F)F. The van der Waals surface area contributed by atoms with Gasteiger partial charge in [-0.25, -0.2) is 13.2 Å². The van der Waals surface area contributed by atoms with Crippen molar-refractivity contribution < 1.29 is 36.3 Å². The van der Waals surface area contributed by atoms with Crippen LogP contribution in [-0.4, -0.2) is 79.5 Å². The fraction of sp³-hybridized carbons (Fsp3) is 0.667. The Morgan fingerprint density at radius 3 is 2.00 bits per heavy atom. The highest BCUT2D eigenvalue weighted by Gasteiger charge is 2.38. The lowest BCUT2D eigenvalue weighted by Crippen LogP contribution is -2.52. The van der Waals surface area contributed by atoms with Crippen LogP contribution in [0.2, 0.25) is 0 Å². The van der Waals surface area contributed by atoms with E-state index in [1.54, 1.807) is 11.0 Å². The minimum Gasteiger partial charge on any atom is -0.475 e. The maximum absolute atomic E-state index is 13.8. The molecule has 204 valence electrons. The van der Waals surface area contributed by atoms with Gasteiger partial charge in [-0.15, -0.1) is 0 Å². The summed E-state index contributed by atoms with van der Waals surface area (Å²) in [6, 6.07) is 3.61. The van der Waals surface area contributed by atoms with Gasteiger partial charge in [-0.1, -0.05) is 31.7 Å². The Morgan fingerprint density at radius 1 is 1.00 bits per heavy atom. The first-order valence-electron chi connectivity index (χ1n) is 12.1. The van der Waals surface area contributed by atoms with Gasteiger partial charge in [-0.3, -0.25) is 4.79 Å². The van der Waals surface area contributed by atoms with Crippen LogP contribution in [0.1, 0.15) is 55.2 Å². The molecule has 0 radical (unpaired) electrons. The maximum atomic E-state index is 13.8. The normalized spacial score (nSPS) is 17.8. The van der Waals surface area contributed by atoms with Crippen molar-refractivity contribution in [2.75, 3.05) is 32.7 Å². The molecular formula is C24H36F3N3O5S. The Balaban J connectivity index is 0.000000572. The zero-order chi connectivity index (χ0) is 27.1. The van der Waals surface area contributed by atoms with Gasteiger partial charge in [-0.05, 0) is 56.4 Å². The van der Waals surface area contributed by atoms with Crippen molar-refractivity contribution in [1.29, 1.82) is 0 Å². The number of amides is 1. The fourth-order valence-corrected chi connectivity index (χ4v) is 6.37. The second-order valence-corrected chi connectivity index (χ2v) is 11.2. The van der Waals surface area contributed by atoms with Crippen LogP contribution in [0.15, 0.2) is 17.0 Å². The highest BCUT2D eigenvalue weighted by atomic mass is 32.2. The largest absolute Gasteiger partial charge is 0.490 e. The summed E-state index contributed by atoms with van der Waals surface area (Å²) >= 11 is 0. The zero-order valence-electron chi connectivity index (χ0n) is 21.0. The summed E-state index contributed by atoms with van der Waals surface area (Å²) < 4.78 is 60.8. The third kappa shape index (κ3) is 8.17. The lowest BCUT2D eigenvalue weighted by Gasteiger charge is -2.34. The molecule has 1 amide bonds. The lowest BCUT2D eigenvalue weighted by molar-refractivity contribution is -0.192. The molecule has 1 aliphatic carbocycles. The van der Waals surface area contributed by atoms with Crippen LogP contribution in [-0.2, 0) is 19.6 Å². The summed E-state index contributed by atoms with van der Waals surface area (Å²) in [6.07, 6.45) is 0.891. The summed E-state index contributed by atoms with van der Waals surface area (Å²) in [4.78, 5) is 24.0. The molecule has 2 N–H and O–H groups in total. The van der Waals surface area contributed by atoms with Crippen molar-refractivity contribution in [2.45, 2.75) is 76.4 Å². The molecule has 1 aromatic rings. The van der Waals surface area contributed by atoms with Crippen LogP contribution < -0.4 is 5.32 Å². The number of nitrogens with one attached hydrogen (secondary N) is 1. The first kappa shape index (κ1) is 30.0. The van der Waals surface area contributed by atoms with Gasteiger partial charge in [0.15, 0.2) is 0 Å². The topological polar surface area (TPSA) is 107 Å². The fourth-order valence-electron chi connectivity index (χ4n) is 4.44. The van der Waals surface area contributed by atoms with Crippen LogP contribution in [0, 0.1) is 20.8 Å². The first-order chi connectivity index (χ1) is 16.7. The van der Waals surface area contributed by atoms with Crippen molar-refractivity contribution in [2.24, 2.45) is 0 Å². The number of hydrogen-bond acceptors (Lipinski definition) is 5. The van der Waals surface area contributed by atoms with Gasteiger partial charge in [0.2, 0.25) is 15.9 Å². The van der Waals surface area contributed by atoms with E-state index in [2.05, 4.69) is 5.32 Å². The van der Waals surface area contributed by atoms with Crippen molar-refractivity contribution in [1.82, 2.24) is 14.5 Å². The van der Waals surface area contributed by atoms with E-state index in [1.807, 2.05) is 26.8 Å². The first-order valence-corrected chi connectivity index (χ1v) is 13.6. The van der Waals surface area contributed by atoms with E-state index in [1.165, 1.54) is 4.31 Å². The Morgan fingerprint density at radius 2 is 1.50 bits per heavy atom. The lowest BCUT2D eigenvalue weighted by atomic mass is 10.1. The number of alkyl halides is 3. The molecule has 1 heterocycles. The number of carbonyl (C=O) groups is 2. The number of rotatable bonds is 5. The van der Waals surface area contributed by atoms with E-state index in [0.29, 0.717) is 18.0 Å². The molecule has 1 aromatic carbocycles. The molecule has 0 aromatic heterocycles. The average Bonchev–Trinajstić information content (AvgIpc) is 3.09. The number of aliphatic carboxylic acids is 1. The number of halogens is 3. The summed E-state index contributed by atoms with van der Waals surface area (Å²) in [5, 5.41) is 10.4. The highest BCUT2D eigenvalue weighted by molar-refractivity contribution is 7.89. The number of nitrogens with zero attached hydrogens (tertiary/aromatic N) is 2. The number of carboxylic acid groups (broad SMARTS) is 1. The molecule has 1 aliphatic heterocycles. The molecule has 1 saturated carbocycles. The number of hydrogen-bond donors (Lipinski definition) is 2. The van der Waals surface area contributed by atoms with Crippen LogP contribution in [0.25, 0.3) is 0 Å². The third-order valence-corrected chi connectivity index (χ3v) is 8.65. The molecule has 0 spiro atoms. The minimum absolute atomic E-state index is 0.0562. The monoisotopic (exact) mass is 535 g/mol. The van der Waals surface area contributed by atoms with Gasteiger partial charge in [0.25, 0.3) is 0 Å². The van der Waals surface area contributed by atoms with E-state index >= 15 is 0 Å². The van der Waals surface area contributed by atoms with Crippen molar-refractivity contribution in [3.05, 3.63) is 28.8 Å². The number of aryl methyl sites for hydroxylation is 3. The Kier molecular flexibility index (Phi) is 10.7. The van der Waals surface area contributed by atoms with Crippen LogP contribution >= 0.6 is 0 Å².